The number of carbonyl (C=O) groups excluding carboxylic acids is 1. The first-order valence-electron chi connectivity index (χ1n) is 6.51. The van der Waals surface area contributed by atoms with Crippen molar-refractivity contribution in [3.8, 4) is 0 Å². The van der Waals surface area contributed by atoms with Crippen molar-refractivity contribution in [2.75, 3.05) is 11.1 Å². The molecule has 102 valence electrons. The summed E-state index contributed by atoms with van der Waals surface area (Å²) >= 11 is 1.47. The number of amides is 1. The van der Waals surface area contributed by atoms with Gasteiger partial charge in [-0.2, -0.15) is 0 Å². The Morgan fingerprint density at radius 2 is 2.30 bits per heavy atom. The third kappa shape index (κ3) is 3.24. The number of nitrogen functional groups attached to an aromatic ring is 1. The van der Waals surface area contributed by atoms with Crippen molar-refractivity contribution in [3.05, 3.63) is 47.0 Å². The number of aromatic nitrogens is 1. The molecule has 1 fully saturated rings. The Balaban J connectivity index is 1.61. The lowest BCUT2D eigenvalue weighted by molar-refractivity contribution is -0.111. The van der Waals surface area contributed by atoms with E-state index in [-0.39, 0.29) is 5.91 Å². The first kappa shape index (κ1) is 12.9. The molecule has 20 heavy (non-hydrogen) atoms. The zero-order chi connectivity index (χ0) is 13.9. The fraction of sp³-hybridized carbons (Fsp3) is 0.200. The Kier molecular flexibility index (Phi) is 3.52. The van der Waals surface area contributed by atoms with E-state index in [2.05, 4.69) is 10.3 Å². The number of nitrogens with zero attached hydrogens (tertiary/aromatic N) is 1. The van der Waals surface area contributed by atoms with E-state index in [1.165, 1.54) is 30.3 Å². The van der Waals surface area contributed by atoms with Gasteiger partial charge in [0.1, 0.15) is 0 Å². The first-order valence-corrected chi connectivity index (χ1v) is 7.39. The number of nitrogens with one attached hydrogen (secondary N) is 1. The van der Waals surface area contributed by atoms with Crippen LogP contribution in [0.2, 0.25) is 0 Å². The third-order valence-corrected chi connectivity index (χ3v) is 3.86. The van der Waals surface area contributed by atoms with Crippen LogP contribution in [0.1, 0.15) is 30.0 Å². The number of nitrogens with two attached hydrogens (primary N) is 1. The molecular formula is C15H15N3OS. The Hall–Kier alpha value is -2.14. The molecule has 1 heterocycles. The van der Waals surface area contributed by atoms with Crippen LogP contribution >= 0.6 is 11.3 Å². The molecule has 4 nitrogen and oxygen atoms in total. The quantitative estimate of drug-likeness (QED) is 0.669. The highest BCUT2D eigenvalue weighted by Crippen LogP contribution is 2.40. The second-order valence-electron chi connectivity index (χ2n) is 4.84. The van der Waals surface area contributed by atoms with Crippen molar-refractivity contribution in [2.24, 2.45) is 0 Å². The topological polar surface area (TPSA) is 68.0 Å². The molecule has 1 aromatic heterocycles. The summed E-state index contributed by atoms with van der Waals surface area (Å²) in [5.74, 6) is 0.434. The largest absolute Gasteiger partial charge is 0.399 e. The Morgan fingerprint density at radius 3 is 3.05 bits per heavy atom. The first-order chi connectivity index (χ1) is 9.70. The van der Waals surface area contributed by atoms with E-state index in [1.54, 1.807) is 6.08 Å². The summed E-state index contributed by atoms with van der Waals surface area (Å²) in [7, 11) is 0. The van der Waals surface area contributed by atoms with Gasteiger partial charge in [-0.05, 0) is 36.6 Å². The number of benzene rings is 1. The third-order valence-electron chi connectivity index (χ3n) is 3.09. The van der Waals surface area contributed by atoms with Crippen molar-refractivity contribution in [3.63, 3.8) is 0 Å². The average molecular weight is 285 g/mol. The van der Waals surface area contributed by atoms with Crippen molar-refractivity contribution in [1.29, 1.82) is 0 Å². The van der Waals surface area contributed by atoms with Crippen LogP contribution in [0.5, 0.6) is 0 Å². The van der Waals surface area contributed by atoms with Crippen LogP contribution in [-0.2, 0) is 4.79 Å². The fourth-order valence-corrected chi connectivity index (χ4v) is 2.69. The number of rotatable bonds is 4. The summed E-state index contributed by atoms with van der Waals surface area (Å²) in [6.45, 7) is 0. The molecule has 1 amide bonds. The Labute approximate surface area is 121 Å². The molecule has 3 rings (SSSR count). The van der Waals surface area contributed by atoms with E-state index in [9.17, 15) is 4.79 Å². The molecule has 1 saturated carbocycles. The summed E-state index contributed by atoms with van der Waals surface area (Å²) in [6.07, 6.45) is 5.66. The second-order valence-corrected chi connectivity index (χ2v) is 5.70. The predicted octanol–water partition coefficient (Wildman–Crippen LogP) is 3.25. The summed E-state index contributed by atoms with van der Waals surface area (Å²) in [5.41, 5.74) is 8.37. The van der Waals surface area contributed by atoms with E-state index in [0.717, 1.165) is 11.3 Å². The number of thiazole rings is 1. The second kappa shape index (κ2) is 5.46. The van der Waals surface area contributed by atoms with Crippen LogP contribution in [0, 0.1) is 0 Å². The lowest BCUT2D eigenvalue weighted by atomic mass is 10.2. The monoisotopic (exact) mass is 285 g/mol. The molecule has 0 bridgehead atoms. The van der Waals surface area contributed by atoms with Crippen LogP contribution in [0.3, 0.4) is 0 Å². The summed E-state index contributed by atoms with van der Waals surface area (Å²) in [6, 6.07) is 7.38. The molecule has 2 aromatic rings. The minimum atomic E-state index is -0.177. The average Bonchev–Trinajstić information content (AvgIpc) is 3.18. The maximum atomic E-state index is 11.8. The number of hydrogen-bond donors (Lipinski definition) is 2. The maximum Gasteiger partial charge on any atom is 0.250 e. The van der Waals surface area contributed by atoms with Crippen molar-refractivity contribution < 1.29 is 4.79 Å². The van der Waals surface area contributed by atoms with Gasteiger partial charge in [0.25, 0.3) is 0 Å². The lowest BCUT2D eigenvalue weighted by Crippen LogP contribution is -2.07. The van der Waals surface area contributed by atoms with Gasteiger partial charge in [-0.25, -0.2) is 4.98 Å². The van der Waals surface area contributed by atoms with E-state index < -0.39 is 0 Å². The van der Waals surface area contributed by atoms with Crippen molar-refractivity contribution in [2.45, 2.75) is 18.8 Å². The zero-order valence-corrected chi connectivity index (χ0v) is 11.7. The van der Waals surface area contributed by atoms with Crippen LogP contribution in [-0.4, -0.2) is 10.9 Å². The van der Waals surface area contributed by atoms with Gasteiger partial charge in [0, 0.05) is 23.1 Å². The zero-order valence-electron chi connectivity index (χ0n) is 10.9. The van der Waals surface area contributed by atoms with Crippen LogP contribution in [0.25, 0.3) is 6.08 Å². The van der Waals surface area contributed by atoms with Gasteiger partial charge in [-0.1, -0.05) is 12.1 Å². The van der Waals surface area contributed by atoms with Crippen LogP contribution in [0.4, 0.5) is 10.8 Å². The van der Waals surface area contributed by atoms with Gasteiger partial charge in [0.05, 0.1) is 5.69 Å². The SMILES string of the molecule is Nc1cccc(/C=C/C(=O)Nc2nc(C3CC3)cs2)c1. The summed E-state index contributed by atoms with van der Waals surface area (Å²) in [4.78, 5) is 16.2. The molecule has 0 spiro atoms. The number of anilines is 2. The normalized spacial score (nSPS) is 14.6. The number of carbonyl (C=O) groups is 1. The van der Waals surface area contributed by atoms with E-state index in [4.69, 9.17) is 5.73 Å². The molecule has 0 atom stereocenters. The maximum absolute atomic E-state index is 11.8. The molecule has 3 N–H and O–H groups in total. The van der Waals surface area contributed by atoms with Crippen LogP contribution < -0.4 is 11.1 Å². The summed E-state index contributed by atoms with van der Waals surface area (Å²) in [5, 5.41) is 5.46. The van der Waals surface area contributed by atoms with Crippen LogP contribution in [0.15, 0.2) is 35.7 Å². The molecule has 0 unspecified atom stereocenters. The van der Waals surface area contributed by atoms with Gasteiger partial charge >= 0.3 is 0 Å². The van der Waals surface area contributed by atoms with Gasteiger partial charge in [-0.15, -0.1) is 11.3 Å². The fourth-order valence-electron chi connectivity index (χ4n) is 1.89. The Bertz CT molecular complexity index is 659. The molecular weight excluding hydrogens is 270 g/mol. The molecule has 1 aromatic carbocycles. The van der Waals surface area contributed by atoms with Gasteiger partial charge in [0.15, 0.2) is 5.13 Å². The highest BCUT2D eigenvalue weighted by Gasteiger charge is 2.26. The van der Waals surface area contributed by atoms with E-state index in [1.807, 2.05) is 29.6 Å². The standard InChI is InChI=1S/C15H15N3OS/c16-12-3-1-2-10(8-12)4-7-14(19)18-15-17-13(9-20-15)11-5-6-11/h1-4,7-9,11H,5-6,16H2,(H,17,18,19)/b7-4+. The summed E-state index contributed by atoms with van der Waals surface area (Å²) < 4.78 is 0. The predicted molar refractivity (Wildman–Crippen MR) is 82.6 cm³/mol. The number of hydrogen-bond acceptors (Lipinski definition) is 4. The van der Waals surface area contributed by atoms with E-state index in [0.29, 0.717) is 16.7 Å². The highest BCUT2D eigenvalue weighted by atomic mass is 32.1. The van der Waals surface area contributed by atoms with Gasteiger partial charge in [-0.3, -0.25) is 10.1 Å². The molecule has 1 aliphatic carbocycles. The van der Waals surface area contributed by atoms with E-state index >= 15 is 0 Å². The van der Waals surface area contributed by atoms with Crippen molar-refractivity contribution >= 4 is 34.1 Å². The minimum Gasteiger partial charge on any atom is -0.399 e. The van der Waals surface area contributed by atoms with Crippen molar-refractivity contribution in [1.82, 2.24) is 4.98 Å². The smallest absolute Gasteiger partial charge is 0.250 e. The van der Waals surface area contributed by atoms with Gasteiger partial charge in [0.2, 0.25) is 5.91 Å². The Morgan fingerprint density at radius 1 is 1.45 bits per heavy atom. The molecule has 0 radical (unpaired) electrons. The molecule has 0 aliphatic heterocycles. The minimum absolute atomic E-state index is 0.177. The lowest BCUT2D eigenvalue weighted by Gasteiger charge is -1.97. The highest BCUT2D eigenvalue weighted by molar-refractivity contribution is 7.14. The molecule has 0 saturated heterocycles. The van der Waals surface area contributed by atoms with Gasteiger partial charge < -0.3 is 5.73 Å². The molecule has 5 heteroatoms. The molecule has 1 aliphatic rings.